The van der Waals surface area contributed by atoms with Gasteiger partial charge in [-0.2, -0.15) is 0 Å². The molecule has 0 spiro atoms. The van der Waals surface area contributed by atoms with E-state index >= 15 is 0 Å². The van der Waals surface area contributed by atoms with Gasteiger partial charge >= 0.3 is 5.97 Å². The largest absolute Gasteiger partial charge is 0.497 e. The van der Waals surface area contributed by atoms with E-state index in [2.05, 4.69) is 10.2 Å². The van der Waals surface area contributed by atoms with Gasteiger partial charge in [0.15, 0.2) is 0 Å². The lowest BCUT2D eigenvalue weighted by Gasteiger charge is -2.22. The Balaban J connectivity index is 1.41. The summed E-state index contributed by atoms with van der Waals surface area (Å²) >= 11 is 0. The van der Waals surface area contributed by atoms with Crippen LogP contribution in [0.1, 0.15) is 30.9 Å². The van der Waals surface area contributed by atoms with Crippen molar-refractivity contribution in [3.8, 4) is 5.75 Å². The van der Waals surface area contributed by atoms with Gasteiger partial charge in [0.2, 0.25) is 11.8 Å². The quantitative estimate of drug-likeness (QED) is 0.403. The number of ether oxygens (including phenoxy) is 2. The van der Waals surface area contributed by atoms with E-state index in [1.807, 2.05) is 41.3 Å². The Morgan fingerprint density at radius 2 is 1.72 bits per heavy atom. The molecule has 2 aromatic carbocycles. The van der Waals surface area contributed by atoms with E-state index in [4.69, 9.17) is 9.47 Å². The van der Waals surface area contributed by atoms with Crippen molar-refractivity contribution in [3.05, 3.63) is 65.7 Å². The van der Waals surface area contributed by atoms with Crippen LogP contribution in [-0.4, -0.2) is 74.0 Å². The van der Waals surface area contributed by atoms with Crippen molar-refractivity contribution in [2.75, 3.05) is 51.8 Å². The Labute approximate surface area is 212 Å². The smallest absolute Gasteiger partial charge is 0.330 e. The highest BCUT2D eigenvalue weighted by Gasteiger charge is 2.20. The number of hydrogen-bond acceptors (Lipinski definition) is 6. The Morgan fingerprint density at radius 1 is 0.972 bits per heavy atom. The third-order valence-electron chi connectivity index (χ3n) is 5.99. The fourth-order valence-electron chi connectivity index (χ4n) is 4.02. The molecule has 1 saturated heterocycles. The van der Waals surface area contributed by atoms with Crippen molar-refractivity contribution in [3.63, 3.8) is 0 Å². The number of anilines is 1. The highest BCUT2D eigenvalue weighted by atomic mass is 16.5. The summed E-state index contributed by atoms with van der Waals surface area (Å²) in [5, 5.41) is 2.92. The summed E-state index contributed by atoms with van der Waals surface area (Å²) in [6.45, 7) is 5.14. The minimum atomic E-state index is -0.384. The third kappa shape index (κ3) is 8.85. The molecule has 0 radical (unpaired) electrons. The summed E-state index contributed by atoms with van der Waals surface area (Å²) in [4.78, 5) is 40.7. The van der Waals surface area contributed by atoms with Crippen LogP contribution in [0.5, 0.6) is 5.75 Å². The average molecular weight is 494 g/mol. The van der Waals surface area contributed by atoms with Crippen molar-refractivity contribution in [1.29, 1.82) is 0 Å². The molecule has 1 heterocycles. The van der Waals surface area contributed by atoms with Crippen LogP contribution in [0.15, 0.2) is 54.6 Å². The number of aryl methyl sites for hydroxylation is 1. The molecule has 2 aromatic rings. The van der Waals surface area contributed by atoms with E-state index in [1.54, 1.807) is 32.2 Å². The second-order valence-corrected chi connectivity index (χ2v) is 8.61. The molecular weight excluding hydrogens is 458 g/mol. The summed E-state index contributed by atoms with van der Waals surface area (Å²) in [5.74, 6) is 0.477. The lowest BCUT2D eigenvalue weighted by molar-refractivity contribution is -0.137. The molecule has 0 aliphatic carbocycles. The Morgan fingerprint density at radius 3 is 2.42 bits per heavy atom. The number of methoxy groups -OCH3 is 1. The average Bonchev–Trinajstić information content (AvgIpc) is 3.13. The highest BCUT2D eigenvalue weighted by Crippen LogP contribution is 2.14. The monoisotopic (exact) mass is 493 g/mol. The fourth-order valence-corrected chi connectivity index (χ4v) is 4.02. The lowest BCUT2D eigenvalue weighted by Crippen LogP contribution is -2.38. The number of esters is 1. The molecule has 0 saturated carbocycles. The molecule has 1 N–H and O–H groups in total. The minimum absolute atomic E-state index is 0.0934. The molecule has 0 atom stereocenters. The lowest BCUT2D eigenvalue weighted by atomic mass is 10.1. The fraction of sp³-hybridized carbons (Fsp3) is 0.393. The molecule has 3 rings (SSSR count). The molecule has 36 heavy (non-hydrogen) atoms. The number of benzene rings is 2. The number of nitrogens with one attached hydrogen (secondary N) is 1. The van der Waals surface area contributed by atoms with Crippen LogP contribution >= 0.6 is 0 Å². The second kappa shape index (κ2) is 14.0. The summed E-state index contributed by atoms with van der Waals surface area (Å²) in [5.41, 5.74) is 2.64. The first-order chi connectivity index (χ1) is 17.5. The number of amides is 2. The third-order valence-corrected chi connectivity index (χ3v) is 5.99. The molecule has 0 aromatic heterocycles. The predicted octanol–water partition coefficient (Wildman–Crippen LogP) is 3.38. The van der Waals surface area contributed by atoms with Gasteiger partial charge in [0.05, 0.1) is 20.3 Å². The van der Waals surface area contributed by atoms with Crippen LogP contribution in [0.3, 0.4) is 0 Å². The normalized spacial score (nSPS) is 14.3. The second-order valence-electron chi connectivity index (χ2n) is 8.61. The first-order valence-electron chi connectivity index (χ1n) is 12.3. The van der Waals surface area contributed by atoms with Gasteiger partial charge in [0, 0.05) is 44.4 Å². The van der Waals surface area contributed by atoms with Gasteiger partial charge in [-0.25, -0.2) is 4.79 Å². The number of hydrogen-bond donors (Lipinski definition) is 1. The van der Waals surface area contributed by atoms with Crippen molar-refractivity contribution in [2.45, 2.75) is 26.2 Å². The van der Waals surface area contributed by atoms with Gasteiger partial charge in [-0.15, -0.1) is 0 Å². The molecule has 192 valence electrons. The van der Waals surface area contributed by atoms with Crippen molar-refractivity contribution in [1.82, 2.24) is 9.80 Å². The molecule has 0 bridgehead atoms. The summed E-state index contributed by atoms with van der Waals surface area (Å²) < 4.78 is 10.0. The topological polar surface area (TPSA) is 88.2 Å². The van der Waals surface area contributed by atoms with Crippen LogP contribution < -0.4 is 10.1 Å². The zero-order valence-corrected chi connectivity index (χ0v) is 21.1. The highest BCUT2D eigenvalue weighted by molar-refractivity contribution is 5.92. The maximum absolute atomic E-state index is 12.7. The molecular formula is C28H35N3O5. The number of carbonyl (C=O) groups excluding carboxylic acids is 3. The van der Waals surface area contributed by atoms with Crippen LogP contribution in [0, 0.1) is 0 Å². The van der Waals surface area contributed by atoms with Gasteiger partial charge in [0.1, 0.15) is 5.75 Å². The zero-order valence-electron chi connectivity index (χ0n) is 21.1. The molecule has 8 heteroatoms. The molecule has 1 aliphatic heterocycles. The number of nitrogens with zero attached hydrogens (tertiary/aromatic N) is 2. The molecule has 0 unspecified atom stereocenters. The SMILES string of the molecule is CCOC(=O)/C=C/c1ccc(NC(=O)CN2CCCN(C(=O)CCc3ccc(OC)cc3)CC2)cc1. The summed E-state index contributed by atoms with van der Waals surface area (Å²) in [6, 6.07) is 15.0. The van der Waals surface area contributed by atoms with E-state index < -0.39 is 0 Å². The van der Waals surface area contributed by atoms with Gasteiger partial charge in [-0.1, -0.05) is 24.3 Å². The van der Waals surface area contributed by atoms with Crippen molar-refractivity contribution >= 4 is 29.5 Å². The first kappa shape index (κ1) is 26.9. The Bertz CT molecular complexity index is 1030. The van der Waals surface area contributed by atoms with Crippen LogP contribution in [0.25, 0.3) is 6.08 Å². The van der Waals surface area contributed by atoms with E-state index in [9.17, 15) is 14.4 Å². The van der Waals surface area contributed by atoms with Gasteiger partial charge in [-0.3, -0.25) is 14.5 Å². The Hall–Kier alpha value is -3.65. The first-order valence-corrected chi connectivity index (χ1v) is 12.3. The maximum Gasteiger partial charge on any atom is 0.330 e. The van der Waals surface area contributed by atoms with Crippen LogP contribution in [-0.2, 0) is 25.5 Å². The maximum atomic E-state index is 12.7. The van der Waals surface area contributed by atoms with Crippen LogP contribution in [0.4, 0.5) is 5.69 Å². The molecule has 1 aliphatic rings. The summed E-state index contributed by atoms with van der Waals surface area (Å²) in [6.07, 6.45) is 5.05. The van der Waals surface area contributed by atoms with Gasteiger partial charge in [0.25, 0.3) is 0 Å². The van der Waals surface area contributed by atoms with E-state index in [1.165, 1.54) is 6.08 Å². The number of carbonyl (C=O) groups is 3. The van der Waals surface area contributed by atoms with Gasteiger partial charge < -0.3 is 19.7 Å². The van der Waals surface area contributed by atoms with Crippen molar-refractivity contribution < 1.29 is 23.9 Å². The van der Waals surface area contributed by atoms with Gasteiger partial charge in [-0.05, 0) is 61.2 Å². The van der Waals surface area contributed by atoms with E-state index in [-0.39, 0.29) is 24.3 Å². The molecule has 8 nitrogen and oxygen atoms in total. The van der Waals surface area contributed by atoms with E-state index in [0.29, 0.717) is 44.8 Å². The van der Waals surface area contributed by atoms with Crippen molar-refractivity contribution in [2.24, 2.45) is 0 Å². The standard InChI is InChI=1S/C28H35N3O5/c1-3-36-28(34)16-10-22-5-11-24(12-6-22)29-26(32)21-30-17-4-18-31(20-19-30)27(33)15-9-23-7-13-25(35-2)14-8-23/h5-8,10-14,16H,3-4,9,15,17-21H2,1-2H3,(H,29,32)/b16-10+. The molecule has 2 amide bonds. The molecule has 1 fully saturated rings. The van der Waals surface area contributed by atoms with Crippen LogP contribution in [0.2, 0.25) is 0 Å². The zero-order chi connectivity index (χ0) is 25.8. The Kier molecular flexibility index (Phi) is 10.5. The van der Waals surface area contributed by atoms with E-state index in [0.717, 1.165) is 29.8 Å². The number of rotatable bonds is 10. The predicted molar refractivity (Wildman–Crippen MR) is 140 cm³/mol. The minimum Gasteiger partial charge on any atom is -0.497 e. The summed E-state index contributed by atoms with van der Waals surface area (Å²) in [7, 11) is 1.64.